The lowest BCUT2D eigenvalue weighted by Gasteiger charge is -2.23. The second-order valence-electron chi connectivity index (χ2n) is 5.69. The number of halogens is 1. The molecule has 1 aliphatic heterocycles. The average Bonchev–Trinajstić information content (AvgIpc) is 2.88. The summed E-state index contributed by atoms with van der Waals surface area (Å²) in [4.78, 5) is 27.1. The van der Waals surface area contributed by atoms with Crippen LogP contribution in [0, 0.1) is 5.82 Å². The third kappa shape index (κ3) is 1.91. The molecular weight excluding hydrogens is 309 g/mol. The van der Waals surface area contributed by atoms with Crippen molar-refractivity contribution in [3.63, 3.8) is 0 Å². The molecule has 0 fully saturated rings. The number of nitrogens with zero attached hydrogens (tertiary/aromatic N) is 1. The molecule has 0 spiro atoms. The third-order valence-corrected chi connectivity index (χ3v) is 4.41. The second kappa shape index (κ2) is 5.30. The van der Waals surface area contributed by atoms with Gasteiger partial charge in [0, 0.05) is 12.1 Å². The monoisotopic (exact) mass is 323 g/mol. The van der Waals surface area contributed by atoms with E-state index in [-0.39, 0.29) is 22.7 Å². The van der Waals surface area contributed by atoms with Gasteiger partial charge < -0.3 is 9.32 Å². The van der Waals surface area contributed by atoms with Gasteiger partial charge in [-0.05, 0) is 25.1 Å². The molecule has 5 heteroatoms. The summed E-state index contributed by atoms with van der Waals surface area (Å²) in [6.45, 7) is 2.14. The van der Waals surface area contributed by atoms with Gasteiger partial charge in [0.25, 0.3) is 5.91 Å². The number of amides is 1. The second-order valence-corrected chi connectivity index (χ2v) is 5.69. The number of fused-ring (bicyclic) bond motifs is 2. The highest BCUT2D eigenvalue weighted by molar-refractivity contribution is 5.99. The molecule has 4 nitrogen and oxygen atoms in total. The van der Waals surface area contributed by atoms with Gasteiger partial charge >= 0.3 is 0 Å². The van der Waals surface area contributed by atoms with Crippen molar-refractivity contribution in [2.45, 2.75) is 13.0 Å². The van der Waals surface area contributed by atoms with Crippen molar-refractivity contribution in [1.29, 1.82) is 0 Å². The van der Waals surface area contributed by atoms with E-state index in [1.807, 2.05) is 0 Å². The Hall–Kier alpha value is -2.95. The topological polar surface area (TPSA) is 50.5 Å². The summed E-state index contributed by atoms with van der Waals surface area (Å²) in [5, 5.41) is 0.392. The first-order valence-corrected chi connectivity index (χ1v) is 7.74. The highest BCUT2D eigenvalue weighted by Gasteiger charge is 2.42. The molecule has 0 N–H and O–H groups in total. The zero-order valence-electron chi connectivity index (χ0n) is 13.0. The molecular formula is C19H14FNO3. The van der Waals surface area contributed by atoms with Crippen molar-refractivity contribution in [3.05, 3.63) is 81.5 Å². The molecule has 2 heterocycles. The van der Waals surface area contributed by atoms with Gasteiger partial charge in [-0.15, -0.1) is 0 Å². The van der Waals surface area contributed by atoms with Gasteiger partial charge in [0.2, 0.25) is 5.76 Å². The summed E-state index contributed by atoms with van der Waals surface area (Å²) in [6.07, 6.45) is 0. The number of rotatable bonds is 2. The Kier molecular flexibility index (Phi) is 3.23. The molecule has 1 aromatic heterocycles. The fourth-order valence-electron chi connectivity index (χ4n) is 3.31. The van der Waals surface area contributed by atoms with E-state index in [4.69, 9.17) is 4.42 Å². The van der Waals surface area contributed by atoms with E-state index in [1.54, 1.807) is 49.4 Å². The van der Waals surface area contributed by atoms with Gasteiger partial charge in [-0.1, -0.05) is 30.3 Å². The van der Waals surface area contributed by atoms with Crippen molar-refractivity contribution in [2.24, 2.45) is 0 Å². The van der Waals surface area contributed by atoms with Gasteiger partial charge in [-0.3, -0.25) is 9.59 Å². The molecule has 1 atom stereocenters. The summed E-state index contributed by atoms with van der Waals surface area (Å²) in [5.41, 5.74) is 0.587. The predicted octanol–water partition coefficient (Wildman–Crippen LogP) is 3.50. The van der Waals surface area contributed by atoms with Crippen LogP contribution in [0.2, 0.25) is 0 Å². The molecule has 120 valence electrons. The van der Waals surface area contributed by atoms with E-state index < -0.39 is 11.9 Å². The maximum atomic E-state index is 14.3. The molecule has 1 amide bonds. The van der Waals surface area contributed by atoms with Crippen molar-refractivity contribution in [1.82, 2.24) is 4.90 Å². The van der Waals surface area contributed by atoms with Gasteiger partial charge in [0.05, 0.1) is 17.0 Å². The van der Waals surface area contributed by atoms with Gasteiger partial charge in [0.1, 0.15) is 11.4 Å². The smallest absolute Gasteiger partial charge is 0.290 e. The first kappa shape index (κ1) is 14.6. The van der Waals surface area contributed by atoms with E-state index in [0.29, 0.717) is 23.1 Å². The fourth-order valence-corrected chi connectivity index (χ4v) is 3.31. The Morgan fingerprint density at radius 2 is 1.79 bits per heavy atom. The van der Waals surface area contributed by atoms with Crippen molar-refractivity contribution >= 4 is 16.9 Å². The van der Waals surface area contributed by atoms with Crippen LogP contribution in [0.1, 0.15) is 34.6 Å². The molecule has 0 aliphatic carbocycles. The Morgan fingerprint density at radius 3 is 2.54 bits per heavy atom. The van der Waals surface area contributed by atoms with Crippen LogP contribution < -0.4 is 5.43 Å². The lowest BCUT2D eigenvalue weighted by Crippen LogP contribution is -2.29. The molecule has 4 rings (SSSR count). The van der Waals surface area contributed by atoms with Crippen LogP contribution in [0.15, 0.2) is 57.7 Å². The van der Waals surface area contributed by atoms with E-state index >= 15 is 0 Å². The van der Waals surface area contributed by atoms with Crippen molar-refractivity contribution in [2.75, 3.05) is 6.54 Å². The highest BCUT2D eigenvalue weighted by atomic mass is 19.1. The minimum atomic E-state index is -0.764. The van der Waals surface area contributed by atoms with Crippen LogP contribution in [-0.2, 0) is 0 Å². The number of hydrogen-bond donors (Lipinski definition) is 0. The van der Waals surface area contributed by atoms with E-state index in [0.717, 1.165) is 0 Å². The fraction of sp³-hybridized carbons (Fsp3) is 0.158. The summed E-state index contributed by atoms with van der Waals surface area (Å²) >= 11 is 0. The van der Waals surface area contributed by atoms with Crippen LogP contribution in [-0.4, -0.2) is 17.4 Å². The number of hydrogen-bond acceptors (Lipinski definition) is 3. The predicted molar refractivity (Wildman–Crippen MR) is 87.4 cm³/mol. The summed E-state index contributed by atoms with van der Waals surface area (Å²) in [5.74, 6) is -0.827. The zero-order chi connectivity index (χ0) is 16.8. The molecule has 0 saturated heterocycles. The molecule has 0 bridgehead atoms. The first-order chi connectivity index (χ1) is 11.6. The van der Waals surface area contributed by atoms with Crippen LogP contribution in [0.25, 0.3) is 11.0 Å². The van der Waals surface area contributed by atoms with Crippen molar-refractivity contribution in [3.8, 4) is 0 Å². The largest absolute Gasteiger partial charge is 0.450 e. The Labute approximate surface area is 137 Å². The third-order valence-electron chi connectivity index (χ3n) is 4.41. The number of benzene rings is 2. The average molecular weight is 323 g/mol. The van der Waals surface area contributed by atoms with Crippen LogP contribution >= 0.6 is 0 Å². The molecule has 24 heavy (non-hydrogen) atoms. The number of carbonyl (C=O) groups excluding carboxylic acids is 1. The maximum absolute atomic E-state index is 14.3. The highest BCUT2D eigenvalue weighted by Crippen LogP contribution is 2.38. The zero-order valence-corrected chi connectivity index (χ0v) is 13.0. The van der Waals surface area contributed by atoms with Gasteiger partial charge in [-0.2, -0.15) is 0 Å². The molecule has 0 radical (unpaired) electrons. The Balaban J connectivity index is 2.07. The lowest BCUT2D eigenvalue weighted by molar-refractivity contribution is 0.0736. The standard InChI is InChI=1S/C19H14FNO3/c1-2-21-16(11-7-3-5-9-13(11)20)15-17(22)12-8-4-6-10-14(12)24-18(15)19(21)23/h3-10,16H,2H2,1H3/t16-/m0/s1. The first-order valence-electron chi connectivity index (χ1n) is 7.74. The Bertz CT molecular complexity index is 1020. The normalized spacial score (nSPS) is 16.7. The van der Waals surface area contributed by atoms with Gasteiger partial charge in [0.15, 0.2) is 5.43 Å². The molecule has 2 aromatic carbocycles. The number of para-hydroxylation sites is 1. The maximum Gasteiger partial charge on any atom is 0.290 e. The summed E-state index contributed by atoms with van der Waals surface area (Å²) in [6, 6.07) is 12.2. The van der Waals surface area contributed by atoms with Crippen LogP contribution in [0.5, 0.6) is 0 Å². The molecule has 1 aliphatic rings. The van der Waals surface area contributed by atoms with Crippen molar-refractivity contribution < 1.29 is 13.6 Å². The van der Waals surface area contributed by atoms with Crippen LogP contribution in [0.3, 0.4) is 0 Å². The SMILES string of the molecule is CCN1C(=O)c2oc3ccccc3c(=O)c2[C@@H]1c1ccccc1F. The summed E-state index contributed by atoms with van der Waals surface area (Å²) in [7, 11) is 0. The molecule has 3 aromatic rings. The summed E-state index contributed by atoms with van der Waals surface area (Å²) < 4.78 is 20.1. The number of carbonyl (C=O) groups is 1. The Morgan fingerprint density at radius 1 is 1.08 bits per heavy atom. The lowest BCUT2D eigenvalue weighted by atomic mass is 9.98. The molecule has 0 saturated carbocycles. The van der Waals surface area contributed by atoms with Gasteiger partial charge in [-0.25, -0.2) is 4.39 Å². The van der Waals surface area contributed by atoms with E-state index in [2.05, 4.69) is 0 Å². The van der Waals surface area contributed by atoms with E-state index in [9.17, 15) is 14.0 Å². The minimum absolute atomic E-state index is 0.00815. The van der Waals surface area contributed by atoms with E-state index in [1.165, 1.54) is 11.0 Å². The molecule has 0 unspecified atom stereocenters. The van der Waals surface area contributed by atoms with Crippen LogP contribution in [0.4, 0.5) is 4.39 Å². The quantitative estimate of drug-likeness (QED) is 0.725. The minimum Gasteiger partial charge on any atom is -0.450 e.